The van der Waals surface area contributed by atoms with Gasteiger partial charge in [0, 0.05) is 0 Å². The first kappa shape index (κ1) is 12.2. The molecular formula is C16H18BNO. The van der Waals surface area contributed by atoms with E-state index >= 15 is 0 Å². The van der Waals surface area contributed by atoms with Crippen LogP contribution in [0.5, 0.6) is 5.75 Å². The summed E-state index contributed by atoms with van der Waals surface area (Å²) in [6, 6.07) is 12.6. The molecule has 19 heavy (non-hydrogen) atoms. The minimum Gasteiger partial charge on any atom is -0.536 e. The molecule has 3 heteroatoms. The zero-order chi connectivity index (χ0) is 13.6. The topological polar surface area (TPSA) is 12.5 Å². The van der Waals surface area contributed by atoms with Crippen molar-refractivity contribution in [2.24, 2.45) is 0 Å². The van der Waals surface area contributed by atoms with Gasteiger partial charge in [-0.3, -0.25) is 0 Å². The first-order chi connectivity index (χ1) is 9.09. The van der Waals surface area contributed by atoms with Crippen LogP contribution in [0.4, 0.5) is 5.69 Å². The van der Waals surface area contributed by atoms with Crippen LogP contribution in [0.15, 0.2) is 36.4 Å². The fraction of sp³-hybridized carbons (Fsp3) is 0.250. The van der Waals surface area contributed by atoms with Gasteiger partial charge < -0.3 is 9.47 Å². The lowest BCUT2D eigenvalue weighted by Gasteiger charge is -2.20. The Morgan fingerprint density at radius 3 is 2.11 bits per heavy atom. The minimum atomic E-state index is -0.0164. The third kappa shape index (κ3) is 1.81. The van der Waals surface area contributed by atoms with E-state index in [1.54, 1.807) is 0 Å². The number of aryl methyl sites for hydroxylation is 3. The van der Waals surface area contributed by atoms with Gasteiger partial charge in [-0.1, -0.05) is 41.5 Å². The SMILES string of the molecule is Cc1cccc(C)c1B1Oc2cccc(C)c2N1C. The molecule has 2 aromatic carbocycles. The summed E-state index contributed by atoms with van der Waals surface area (Å²) in [5, 5.41) is 0. The summed E-state index contributed by atoms with van der Waals surface area (Å²) in [7, 11) is 2.09. The number of hydrogen-bond acceptors (Lipinski definition) is 2. The summed E-state index contributed by atoms with van der Waals surface area (Å²) in [5.74, 6) is 0.982. The molecule has 2 nitrogen and oxygen atoms in total. The molecule has 1 aliphatic rings. The van der Waals surface area contributed by atoms with Crippen LogP contribution in [-0.2, 0) is 0 Å². The Labute approximate surface area is 115 Å². The predicted molar refractivity (Wildman–Crippen MR) is 81.5 cm³/mol. The maximum atomic E-state index is 6.17. The van der Waals surface area contributed by atoms with Crippen LogP contribution in [-0.4, -0.2) is 14.1 Å². The maximum absolute atomic E-state index is 6.17. The standard InChI is InChI=1S/C16H18BNO/c1-11-7-5-8-12(2)15(11)17-18(4)16-13(3)9-6-10-14(16)19-17/h5-10H,1-4H3. The van der Waals surface area contributed by atoms with Gasteiger partial charge in [0.05, 0.1) is 5.69 Å². The smallest absolute Gasteiger partial charge is 0.519 e. The molecule has 0 unspecified atom stereocenters. The van der Waals surface area contributed by atoms with Crippen LogP contribution in [0.2, 0.25) is 0 Å². The highest BCUT2D eigenvalue weighted by atomic mass is 16.5. The Hall–Kier alpha value is -1.90. The van der Waals surface area contributed by atoms with E-state index in [2.05, 4.69) is 63.0 Å². The van der Waals surface area contributed by atoms with E-state index in [0.29, 0.717) is 0 Å². The van der Waals surface area contributed by atoms with Crippen molar-refractivity contribution in [3.05, 3.63) is 53.1 Å². The Bertz CT molecular complexity index is 618. The number of benzene rings is 2. The van der Waals surface area contributed by atoms with Crippen LogP contribution in [0, 0.1) is 20.8 Å². The quantitative estimate of drug-likeness (QED) is 0.722. The molecule has 0 aliphatic carbocycles. The van der Waals surface area contributed by atoms with Gasteiger partial charge in [-0.25, -0.2) is 0 Å². The number of para-hydroxylation sites is 1. The highest BCUT2D eigenvalue weighted by Crippen LogP contribution is 2.37. The van der Waals surface area contributed by atoms with E-state index in [4.69, 9.17) is 4.65 Å². The molecule has 1 aliphatic heterocycles. The molecule has 0 N–H and O–H groups in total. The van der Waals surface area contributed by atoms with Crippen molar-refractivity contribution in [1.29, 1.82) is 0 Å². The summed E-state index contributed by atoms with van der Waals surface area (Å²) >= 11 is 0. The first-order valence-corrected chi connectivity index (χ1v) is 6.65. The molecule has 0 bridgehead atoms. The van der Waals surface area contributed by atoms with Gasteiger partial charge >= 0.3 is 7.05 Å². The molecule has 0 amide bonds. The van der Waals surface area contributed by atoms with Crippen LogP contribution < -0.4 is 14.9 Å². The van der Waals surface area contributed by atoms with E-state index in [-0.39, 0.29) is 7.05 Å². The molecule has 0 fully saturated rings. The van der Waals surface area contributed by atoms with E-state index in [1.165, 1.54) is 27.8 Å². The highest BCUT2D eigenvalue weighted by Gasteiger charge is 2.38. The highest BCUT2D eigenvalue weighted by molar-refractivity contribution is 6.74. The van der Waals surface area contributed by atoms with E-state index in [0.717, 1.165) is 5.75 Å². The lowest BCUT2D eigenvalue weighted by atomic mass is 9.68. The van der Waals surface area contributed by atoms with Gasteiger partial charge in [0.15, 0.2) is 0 Å². The molecule has 0 radical (unpaired) electrons. The number of rotatable bonds is 1. The van der Waals surface area contributed by atoms with Gasteiger partial charge in [0.25, 0.3) is 0 Å². The van der Waals surface area contributed by atoms with Crippen molar-refractivity contribution < 1.29 is 4.65 Å². The number of hydrogen-bond donors (Lipinski definition) is 0. The van der Waals surface area contributed by atoms with E-state index in [1.807, 2.05) is 6.07 Å². The summed E-state index contributed by atoms with van der Waals surface area (Å²) in [5.41, 5.74) is 6.30. The average molecular weight is 251 g/mol. The second-order valence-corrected chi connectivity index (χ2v) is 5.31. The van der Waals surface area contributed by atoms with Crippen molar-refractivity contribution in [3.8, 4) is 5.75 Å². The van der Waals surface area contributed by atoms with Crippen LogP contribution in [0.3, 0.4) is 0 Å². The van der Waals surface area contributed by atoms with Crippen molar-refractivity contribution in [3.63, 3.8) is 0 Å². The zero-order valence-corrected chi connectivity index (χ0v) is 11.9. The first-order valence-electron chi connectivity index (χ1n) is 6.65. The third-order valence-corrected chi connectivity index (χ3v) is 3.93. The lowest BCUT2D eigenvalue weighted by molar-refractivity contribution is 0.602. The summed E-state index contributed by atoms with van der Waals surface area (Å²) in [6.07, 6.45) is 0. The number of nitrogens with zero attached hydrogens (tertiary/aromatic N) is 1. The Morgan fingerprint density at radius 2 is 1.47 bits per heavy atom. The average Bonchev–Trinajstić information content (AvgIpc) is 2.68. The molecule has 0 atom stereocenters. The van der Waals surface area contributed by atoms with Gasteiger partial charge in [0.1, 0.15) is 5.75 Å². The fourth-order valence-electron chi connectivity index (χ4n) is 2.97. The Kier molecular flexibility index (Phi) is 2.77. The van der Waals surface area contributed by atoms with E-state index < -0.39 is 0 Å². The number of anilines is 1. The van der Waals surface area contributed by atoms with Gasteiger partial charge in [0.2, 0.25) is 0 Å². The predicted octanol–water partition coefficient (Wildman–Crippen LogP) is 2.84. The normalized spacial score (nSPS) is 13.5. The van der Waals surface area contributed by atoms with Gasteiger partial charge in [-0.15, -0.1) is 0 Å². The second kappa shape index (κ2) is 4.34. The Morgan fingerprint density at radius 1 is 0.895 bits per heavy atom. The van der Waals surface area contributed by atoms with Crippen molar-refractivity contribution in [2.75, 3.05) is 11.9 Å². The van der Waals surface area contributed by atoms with Crippen molar-refractivity contribution in [2.45, 2.75) is 20.8 Å². The molecule has 0 saturated carbocycles. The molecule has 1 heterocycles. The largest absolute Gasteiger partial charge is 0.536 e. The molecular weight excluding hydrogens is 233 g/mol. The summed E-state index contributed by atoms with van der Waals surface area (Å²) in [6.45, 7) is 6.43. The lowest BCUT2D eigenvalue weighted by Crippen LogP contribution is -2.49. The van der Waals surface area contributed by atoms with E-state index in [9.17, 15) is 0 Å². The minimum absolute atomic E-state index is 0.0164. The van der Waals surface area contributed by atoms with Crippen molar-refractivity contribution >= 4 is 18.2 Å². The molecule has 3 rings (SSSR count). The number of fused-ring (bicyclic) bond motifs is 1. The molecule has 0 aromatic heterocycles. The maximum Gasteiger partial charge on any atom is 0.519 e. The summed E-state index contributed by atoms with van der Waals surface area (Å²) in [4.78, 5) is 2.24. The Balaban J connectivity index is 2.10. The van der Waals surface area contributed by atoms with Crippen molar-refractivity contribution in [1.82, 2.24) is 0 Å². The molecule has 0 spiro atoms. The van der Waals surface area contributed by atoms with Gasteiger partial charge in [-0.2, -0.15) is 0 Å². The molecule has 96 valence electrons. The van der Waals surface area contributed by atoms with Gasteiger partial charge in [-0.05, 0) is 44.9 Å². The monoisotopic (exact) mass is 251 g/mol. The zero-order valence-electron chi connectivity index (χ0n) is 11.9. The fourth-order valence-corrected chi connectivity index (χ4v) is 2.97. The van der Waals surface area contributed by atoms with Crippen LogP contribution in [0.25, 0.3) is 0 Å². The molecule has 2 aromatic rings. The third-order valence-electron chi connectivity index (χ3n) is 3.93. The van der Waals surface area contributed by atoms with Crippen LogP contribution >= 0.6 is 0 Å². The van der Waals surface area contributed by atoms with Crippen LogP contribution in [0.1, 0.15) is 16.7 Å². The second-order valence-electron chi connectivity index (χ2n) is 5.31. The molecule has 0 saturated heterocycles. The summed E-state index contributed by atoms with van der Waals surface area (Å²) < 4.78 is 6.17.